The van der Waals surface area contributed by atoms with Crippen molar-refractivity contribution in [3.8, 4) is 0 Å². The first-order valence-corrected chi connectivity index (χ1v) is 8.06. The molecule has 0 radical (unpaired) electrons. The summed E-state index contributed by atoms with van der Waals surface area (Å²) in [5.74, 6) is 0.0698. The molecular weight excluding hydrogens is 316 g/mol. The molecule has 0 aliphatic heterocycles. The van der Waals surface area contributed by atoms with Crippen LogP contribution in [0.5, 0.6) is 0 Å². The van der Waals surface area contributed by atoms with Crippen LogP contribution in [0.2, 0.25) is 0 Å². The summed E-state index contributed by atoms with van der Waals surface area (Å²) in [5, 5.41) is 3.05. The van der Waals surface area contributed by atoms with Gasteiger partial charge in [-0.25, -0.2) is 0 Å². The van der Waals surface area contributed by atoms with E-state index in [4.69, 9.17) is 0 Å². The van der Waals surface area contributed by atoms with E-state index in [2.05, 4.69) is 40.0 Å². The third kappa shape index (κ3) is 5.25. The van der Waals surface area contributed by atoms with Gasteiger partial charge in [-0.3, -0.25) is 9.69 Å². The molecule has 1 N–H and O–H groups in total. The molecule has 3 nitrogen and oxygen atoms in total. The number of benzene rings is 1. The molecule has 0 saturated heterocycles. The molecule has 4 heteroatoms. The second kappa shape index (κ2) is 8.42. The summed E-state index contributed by atoms with van der Waals surface area (Å²) in [6.07, 6.45) is 2.15. The van der Waals surface area contributed by atoms with Crippen molar-refractivity contribution in [1.29, 1.82) is 0 Å². The van der Waals surface area contributed by atoms with Crippen molar-refractivity contribution in [2.24, 2.45) is 0 Å². The largest absolute Gasteiger partial charge is 0.324 e. The minimum atomic E-state index is 0.0698. The lowest BCUT2D eigenvalue weighted by molar-refractivity contribution is -0.117. The van der Waals surface area contributed by atoms with Crippen LogP contribution in [0.4, 0.5) is 5.69 Å². The Labute approximate surface area is 130 Å². The van der Waals surface area contributed by atoms with Gasteiger partial charge in [-0.1, -0.05) is 29.8 Å². The smallest absolute Gasteiger partial charge is 0.238 e. The predicted octanol–water partition coefficient (Wildman–Crippen LogP) is 4.13. The Balaban J connectivity index is 2.70. The summed E-state index contributed by atoms with van der Waals surface area (Å²) in [6.45, 7) is 10.7. The maximum atomic E-state index is 12.2. The van der Waals surface area contributed by atoms with Gasteiger partial charge in [-0.15, -0.1) is 0 Å². The molecule has 1 rings (SSSR count). The number of carbonyl (C=O) groups is 1. The van der Waals surface area contributed by atoms with Crippen LogP contribution in [0.1, 0.15) is 37.8 Å². The Morgan fingerprint density at radius 2 is 1.65 bits per heavy atom. The standard InChI is InChI=1S/C16H25BrN2O/c1-5-7-19(8-6-2)11-15(20)18-16-12(3)9-14(17)10-13(16)4/h9-10H,5-8,11H2,1-4H3,(H,18,20). The number of halogens is 1. The molecule has 0 fully saturated rings. The molecule has 1 aromatic rings. The van der Waals surface area contributed by atoms with Crippen LogP contribution in [-0.2, 0) is 4.79 Å². The van der Waals surface area contributed by atoms with Crippen LogP contribution < -0.4 is 5.32 Å². The van der Waals surface area contributed by atoms with Gasteiger partial charge in [0.25, 0.3) is 0 Å². The molecule has 0 atom stereocenters. The van der Waals surface area contributed by atoms with Gasteiger partial charge in [0.15, 0.2) is 0 Å². The summed E-state index contributed by atoms with van der Waals surface area (Å²) in [6, 6.07) is 4.05. The molecule has 0 saturated carbocycles. The summed E-state index contributed by atoms with van der Waals surface area (Å²) >= 11 is 3.47. The van der Waals surface area contributed by atoms with E-state index in [1.165, 1.54) is 0 Å². The van der Waals surface area contributed by atoms with Crippen molar-refractivity contribution in [3.63, 3.8) is 0 Å². The topological polar surface area (TPSA) is 32.3 Å². The van der Waals surface area contributed by atoms with Crippen molar-refractivity contribution in [2.45, 2.75) is 40.5 Å². The average Bonchev–Trinajstić information content (AvgIpc) is 2.34. The number of carbonyl (C=O) groups excluding carboxylic acids is 1. The van der Waals surface area contributed by atoms with Crippen LogP contribution in [0, 0.1) is 13.8 Å². The zero-order valence-corrected chi connectivity index (χ0v) is 14.5. The first-order chi connectivity index (χ1) is 9.47. The molecule has 112 valence electrons. The van der Waals surface area contributed by atoms with E-state index < -0.39 is 0 Å². The monoisotopic (exact) mass is 340 g/mol. The molecule has 20 heavy (non-hydrogen) atoms. The van der Waals surface area contributed by atoms with Gasteiger partial charge in [-0.05, 0) is 63.0 Å². The van der Waals surface area contributed by atoms with E-state index in [9.17, 15) is 4.79 Å². The number of amides is 1. The van der Waals surface area contributed by atoms with Gasteiger partial charge in [0.2, 0.25) is 5.91 Å². The van der Waals surface area contributed by atoms with Crippen molar-refractivity contribution >= 4 is 27.5 Å². The van der Waals surface area contributed by atoms with Gasteiger partial charge >= 0.3 is 0 Å². The van der Waals surface area contributed by atoms with Crippen LogP contribution in [0.15, 0.2) is 16.6 Å². The zero-order chi connectivity index (χ0) is 15.1. The van der Waals surface area contributed by atoms with Crippen LogP contribution >= 0.6 is 15.9 Å². The van der Waals surface area contributed by atoms with Crippen LogP contribution in [0.25, 0.3) is 0 Å². The highest BCUT2D eigenvalue weighted by molar-refractivity contribution is 9.10. The van der Waals surface area contributed by atoms with E-state index in [1.54, 1.807) is 0 Å². The van der Waals surface area contributed by atoms with Gasteiger partial charge in [0.1, 0.15) is 0 Å². The van der Waals surface area contributed by atoms with E-state index in [-0.39, 0.29) is 5.91 Å². The fraction of sp³-hybridized carbons (Fsp3) is 0.562. The fourth-order valence-electron chi connectivity index (χ4n) is 2.39. The van der Waals surface area contributed by atoms with Gasteiger partial charge in [0.05, 0.1) is 6.54 Å². The molecule has 0 heterocycles. The minimum absolute atomic E-state index is 0.0698. The second-order valence-corrected chi connectivity index (χ2v) is 6.15. The molecule has 0 unspecified atom stereocenters. The summed E-state index contributed by atoms with van der Waals surface area (Å²) in [4.78, 5) is 14.4. The lowest BCUT2D eigenvalue weighted by Crippen LogP contribution is -2.34. The first-order valence-electron chi connectivity index (χ1n) is 7.26. The van der Waals surface area contributed by atoms with E-state index in [0.717, 1.165) is 47.2 Å². The summed E-state index contributed by atoms with van der Waals surface area (Å²) < 4.78 is 1.05. The number of rotatable bonds is 7. The molecule has 0 aromatic heterocycles. The summed E-state index contributed by atoms with van der Waals surface area (Å²) in [5.41, 5.74) is 3.11. The number of hydrogen-bond donors (Lipinski definition) is 1. The summed E-state index contributed by atoms with van der Waals surface area (Å²) in [7, 11) is 0. The lowest BCUT2D eigenvalue weighted by atomic mass is 10.1. The Morgan fingerprint density at radius 1 is 1.15 bits per heavy atom. The fourth-order valence-corrected chi connectivity index (χ4v) is 3.08. The zero-order valence-electron chi connectivity index (χ0n) is 12.9. The maximum absolute atomic E-state index is 12.2. The number of nitrogens with one attached hydrogen (secondary N) is 1. The first kappa shape index (κ1) is 17.2. The number of nitrogens with zero attached hydrogens (tertiary/aromatic N) is 1. The van der Waals surface area contributed by atoms with E-state index >= 15 is 0 Å². The molecule has 1 amide bonds. The molecule has 0 aliphatic rings. The Bertz CT molecular complexity index is 431. The third-order valence-electron chi connectivity index (χ3n) is 3.21. The molecule has 0 aliphatic carbocycles. The SMILES string of the molecule is CCCN(CCC)CC(=O)Nc1c(C)cc(Br)cc1C. The maximum Gasteiger partial charge on any atom is 0.238 e. The number of aryl methyl sites for hydroxylation is 2. The Morgan fingerprint density at radius 3 is 2.10 bits per heavy atom. The molecule has 1 aromatic carbocycles. The molecule has 0 bridgehead atoms. The number of hydrogen-bond acceptors (Lipinski definition) is 2. The van der Waals surface area contributed by atoms with Crippen LogP contribution in [-0.4, -0.2) is 30.4 Å². The second-order valence-electron chi connectivity index (χ2n) is 5.24. The Hall–Kier alpha value is -0.870. The Kier molecular flexibility index (Phi) is 7.24. The normalized spacial score (nSPS) is 10.9. The highest BCUT2D eigenvalue weighted by Gasteiger charge is 2.12. The van der Waals surface area contributed by atoms with Gasteiger partial charge in [-0.2, -0.15) is 0 Å². The van der Waals surface area contributed by atoms with Crippen molar-refractivity contribution in [1.82, 2.24) is 4.90 Å². The highest BCUT2D eigenvalue weighted by atomic mass is 79.9. The molecular formula is C16H25BrN2O. The third-order valence-corrected chi connectivity index (χ3v) is 3.67. The lowest BCUT2D eigenvalue weighted by Gasteiger charge is -2.21. The predicted molar refractivity (Wildman–Crippen MR) is 89.3 cm³/mol. The van der Waals surface area contributed by atoms with Gasteiger partial charge in [0, 0.05) is 10.2 Å². The minimum Gasteiger partial charge on any atom is -0.324 e. The van der Waals surface area contributed by atoms with Crippen molar-refractivity contribution in [3.05, 3.63) is 27.7 Å². The quantitative estimate of drug-likeness (QED) is 0.809. The van der Waals surface area contributed by atoms with E-state index in [1.807, 2.05) is 26.0 Å². The van der Waals surface area contributed by atoms with Gasteiger partial charge < -0.3 is 5.32 Å². The average molecular weight is 341 g/mol. The highest BCUT2D eigenvalue weighted by Crippen LogP contribution is 2.25. The van der Waals surface area contributed by atoms with Crippen molar-refractivity contribution in [2.75, 3.05) is 25.0 Å². The number of anilines is 1. The molecule has 0 spiro atoms. The van der Waals surface area contributed by atoms with E-state index in [0.29, 0.717) is 6.54 Å². The van der Waals surface area contributed by atoms with Crippen LogP contribution in [0.3, 0.4) is 0 Å². The van der Waals surface area contributed by atoms with Crippen molar-refractivity contribution < 1.29 is 4.79 Å².